The van der Waals surface area contributed by atoms with Crippen LogP contribution in [-0.2, 0) is 17.8 Å². The summed E-state index contributed by atoms with van der Waals surface area (Å²) in [6.45, 7) is 0.476. The highest BCUT2D eigenvalue weighted by Crippen LogP contribution is 2.15. The van der Waals surface area contributed by atoms with E-state index in [0.29, 0.717) is 6.61 Å². The van der Waals surface area contributed by atoms with Gasteiger partial charge in [0.1, 0.15) is 24.1 Å². The number of amides is 2. The number of nitrogens with one attached hydrogen (secondary N) is 1. The van der Waals surface area contributed by atoms with E-state index in [9.17, 15) is 9.59 Å². The lowest BCUT2D eigenvalue weighted by molar-refractivity contribution is -0.119. The lowest BCUT2D eigenvalue weighted by atomic mass is 10.0. The Morgan fingerprint density at radius 1 is 0.929 bits per heavy atom. The standard InChI is InChI=1S/C22H21N3O3/c23-21(26)20(25-22(27)19-8-4-5-13-24-19)14-16-9-11-18(12-10-16)28-15-17-6-2-1-3-7-17/h1-13,20H,14-15H2,(H2,23,26)(H,25,27)/t20-/m0/s1. The van der Waals surface area contributed by atoms with Crippen molar-refractivity contribution in [1.82, 2.24) is 10.3 Å². The van der Waals surface area contributed by atoms with Crippen LogP contribution in [0.25, 0.3) is 0 Å². The summed E-state index contributed by atoms with van der Waals surface area (Å²) in [5.41, 5.74) is 7.63. The van der Waals surface area contributed by atoms with Crippen molar-refractivity contribution < 1.29 is 14.3 Å². The third-order valence-corrected chi connectivity index (χ3v) is 4.16. The van der Waals surface area contributed by atoms with Crippen LogP contribution >= 0.6 is 0 Å². The smallest absolute Gasteiger partial charge is 0.270 e. The zero-order chi connectivity index (χ0) is 19.8. The molecule has 28 heavy (non-hydrogen) atoms. The van der Waals surface area contributed by atoms with E-state index in [1.807, 2.05) is 54.6 Å². The lowest BCUT2D eigenvalue weighted by Crippen LogP contribution is -2.46. The molecular formula is C22H21N3O3. The third-order valence-electron chi connectivity index (χ3n) is 4.16. The SMILES string of the molecule is NC(=O)[C@H](Cc1ccc(OCc2ccccc2)cc1)NC(=O)c1ccccn1. The predicted molar refractivity (Wildman–Crippen MR) is 106 cm³/mol. The van der Waals surface area contributed by atoms with Crippen molar-refractivity contribution in [2.24, 2.45) is 5.73 Å². The zero-order valence-electron chi connectivity index (χ0n) is 15.2. The lowest BCUT2D eigenvalue weighted by Gasteiger charge is -2.15. The second kappa shape index (κ2) is 9.32. The molecule has 3 N–H and O–H groups in total. The van der Waals surface area contributed by atoms with Crippen molar-refractivity contribution in [3.63, 3.8) is 0 Å². The molecule has 3 aromatic rings. The first-order valence-corrected chi connectivity index (χ1v) is 8.88. The molecule has 6 heteroatoms. The minimum Gasteiger partial charge on any atom is -0.489 e. The highest BCUT2D eigenvalue weighted by molar-refractivity contribution is 5.95. The Morgan fingerprint density at radius 3 is 2.29 bits per heavy atom. The van der Waals surface area contributed by atoms with Crippen molar-refractivity contribution >= 4 is 11.8 Å². The first kappa shape index (κ1) is 19.1. The molecular weight excluding hydrogens is 354 g/mol. The molecule has 0 unspecified atom stereocenters. The third kappa shape index (κ3) is 5.41. The number of nitrogens with zero attached hydrogens (tertiary/aromatic N) is 1. The van der Waals surface area contributed by atoms with Gasteiger partial charge in [0.05, 0.1) is 0 Å². The predicted octanol–water partition coefficient (Wildman–Crippen LogP) is 2.49. The summed E-state index contributed by atoms with van der Waals surface area (Å²) in [7, 11) is 0. The molecule has 142 valence electrons. The molecule has 1 heterocycles. The van der Waals surface area contributed by atoms with Crippen LogP contribution in [0.5, 0.6) is 5.75 Å². The summed E-state index contributed by atoms with van der Waals surface area (Å²) in [4.78, 5) is 28.0. The van der Waals surface area contributed by atoms with Gasteiger partial charge in [-0.05, 0) is 35.4 Å². The summed E-state index contributed by atoms with van der Waals surface area (Å²) < 4.78 is 5.75. The van der Waals surface area contributed by atoms with Crippen molar-refractivity contribution in [1.29, 1.82) is 0 Å². The highest BCUT2D eigenvalue weighted by atomic mass is 16.5. The molecule has 3 rings (SSSR count). The first-order chi connectivity index (χ1) is 13.6. The number of ether oxygens (including phenoxy) is 1. The van der Waals surface area contributed by atoms with Gasteiger partial charge in [-0.1, -0.05) is 48.5 Å². The van der Waals surface area contributed by atoms with Gasteiger partial charge in [-0.3, -0.25) is 14.6 Å². The van der Waals surface area contributed by atoms with Crippen molar-refractivity contribution in [3.8, 4) is 5.75 Å². The van der Waals surface area contributed by atoms with Crippen LogP contribution in [0.4, 0.5) is 0 Å². The fraction of sp³-hybridized carbons (Fsp3) is 0.136. The molecule has 0 saturated heterocycles. The number of hydrogen-bond acceptors (Lipinski definition) is 4. The second-order valence-electron chi connectivity index (χ2n) is 6.27. The molecule has 0 saturated carbocycles. The number of carbonyl (C=O) groups is 2. The molecule has 0 radical (unpaired) electrons. The van der Waals surface area contributed by atoms with Gasteiger partial charge in [0.2, 0.25) is 5.91 Å². The van der Waals surface area contributed by atoms with Crippen LogP contribution in [0.2, 0.25) is 0 Å². The minimum atomic E-state index is -0.828. The van der Waals surface area contributed by atoms with Crippen LogP contribution in [0.15, 0.2) is 79.0 Å². The number of primary amides is 1. The number of benzene rings is 2. The summed E-state index contributed by atoms with van der Waals surface area (Å²) in [5.74, 6) is -0.318. The van der Waals surface area contributed by atoms with Crippen LogP contribution in [0.1, 0.15) is 21.6 Å². The maximum Gasteiger partial charge on any atom is 0.270 e. The fourth-order valence-electron chi connectivity index (χ4n) is 2.65. The summed E-state index contributed by atoms with van der Waals surface area (Å²) in [5, 5.41) is 2.64. The van der Waals surface area contributed by atoms with Crippen LogP contribution in [0, 0.1) is 0 Å². The molecule has 0 fully saturated rings. The maximum absolute atomic E-state index is 12.2. The van der Waals surface area contributed by atoms with E-state index in [4.69, 9.17) is 10.5 Å². The van der Waals surface area contributed by atoms with Gasteiger partial charge in [-0.15, -0.1) is 0 Å². The molecule has 0 aliphatic carbocycles. The van der Waals surface area contributed by atoms with Crippen molar-refractivity contribution in [2.45, 2.75) is 19.1 Å². The maximum atomic E-state index is 12.2. The highest BCUT2D eigenvalue weighted by Gasteiger charge is 2.20. The topological polar surface area (TPSA) is 94.3 Å². The molecule has 6 nitrogen and oxygen atoms in total. The Hall–Kier alpha value is -3.67. The van der Waals surface area contributed by atoms with Gasteiger partial charge in [0.15, 0.2) is 0 Å². The molecule has 2 aromatic carbocycles. The Kier molecular flexibility index (Phi) is 6.36. The van der Waals surface area contributed by atoms with Gasteiger partial charge in [0.25, 0.3) is 5.91 Å². The summed E-state index contributed by atoms with van der Waals surface area (Å²) >= 11 is 0. The zero-order valence-corrected chi connectivity index (χ0v) is 15.2. The molecule has 2 amide bonds. The van der Waals surface area contributed by atoms with Crippen LogP contribution in [0.3, 0.4) is 0 Å². The molecule has 0 spiro atoms. The second-order valence-corrected chi connectivity index (χ2v) is 6.27. The van der Waals surface area contributed by atoms with Crippen molar-refractivity contribution in [3.05, 3.63) is 95.8 Å². The number of rotatable bonds is 8. The Labute approximate surface area is 163 Å². The van der Waals surface area contributed by atoms with E-state index in [1.165, 1.54) is 6.20 Å². The molecule has 0 aliphatic rings. The molecule has 0 bridgehead atoms. The van der Waals surface area contributed by atoms with Gasteiger partial charge in [0, 0.05) is 12.6 Å². The van der Waals surface area contributed by atoms with Gasteiger partial charge < -0.3 is 15.8 Å². The normalized spacial score (nSPS) is 11.4. The van der Waals surface area contributed by atoms with E-state index < -0.39 is 17.9 Å². The summed E-state index contributed by atoms with van der Waals surface area (Å²) in [6, 6.07) is 21.4. The van der Waals surface area contributed by atoms with E-state index in [1.54, 1.807) is 18.2 Å². The van der Waals surface area contributed by atoms with Gasteiger partial charge in [-0.2, -0.15) is 0 Å². The average molecular weight is 375 g/mol. The minimum absolute atomic E-state index is 0.235. The Morgan fingerprint density at radius 2 is 1.64 bits per heavy atom. The number of pyridine rings is 1. The number of hydrogen-bond donors (Lipinski definition) is 2. The van der Waals surface area contributed by atoms with Gasteiger partial charge >= 0.3 is 0 Å². The molecule has 0 aliphatic heterocycles. The first-order valence-electron chi connectivity index (χ1n) is 8.88. The van der Waals surface area contributed by atoms with Crippen molar-refractivity contribution in [2.75, 3.05) is 0 Å². The number of nitrogens with two attached hydrogens (primary N) is 1. The largest absolute Gasteiger partial charge is 0.489 e. The number of aromatic nitrogens is 1. The van der Waals surface area contributed by atoms with E-state index >= 15 is 0 Å². The molecule has 1 aromatic heterocycles. The average Bonchev–Trinajstić information content (AvgIpc) is 2.74. The quantitative estimate of drug-likeness (QED) is 0.632. The Bertz CT molecular complexity index is 913. The Balaban J connectivity index is 1.59. The van der Waals surface area contributed by atoms with E-state index in [-0.39, 0.29) is 12.1 Å². The monoisotopic (exact) mass is 375 g/mol. The summed E-state index contributed by atoms with van der Waals surface area (Å²) in [6.07, 6.45) is 1.80. The molecule has 1 atom stereocenters. The van der Waals surface area contributed by atoms with Crippen LogP contribution < -0.4 is 15.8 Å². The van der Waals surface area contributed by atoms with E-state index in [2.05, 4.69) is 10.3 Å². The van der Waals surface area contributed by atoms with Gasteiger partial charge in [-0.25, -0.2) is 0 Å². The fourth-order valence-corrected chi connectivity index (χ4v) is 2.65. The van der Waals surface area contributed by atoms with E-state index in [0.717, 1.165) is 16.9 Å². The van der Waals surface area contributed by atoms with Crippen LogP contribution in [-0.4, -0.2) is 22.8 Å². The number of carbonyl (C=O) groups excluding carboxylic acids is 2.